The second kappa shape index (κ2) is 15.4. The Balaban J connectivity index is 1.23. The van der Waals surface area contributed by atoms with Gasteiger partial charge in [0.1, 0.15) is 29.3 Å². The number of alkyl carbamates (subject to hydrolysis) is 1. The predicted octanol–water partition coefficient (Wildman–Crippen LogP) is 2.21. The van der Waals surface area contributed by atoms with E-state index in [1.165, 1.54) is 16.9 Å². The maximum Gasteiger partial charge on any atom is 0.410 e. The van der Waals surface area contributed by atoms with Crippen molar-refractivity contribution in [3.05, 3.63) is 36.0 Å². The van der Waals surface area contributed by atoms with Crippen LogP contribution >= 0.6 is 0 Å². The molecule has 3 aliphatic heterocycles. The molecular formula is C37H51N5O11S. The first kappa shape index (κ1) is 39.3. The topological polar surface area (TPSA) is 207 Å². The van der Waals surface area contributed by atoms with Crippen LogP contribution in [0, 0.1) is 17.8 Å². The number of allylic oxidation sites excluding steroid dienone is 1. The highest BCUT2D eigenvalue weighted by Crippen LogP contribution is 2.46. The maximum absolute atomic E-state index is 14.4. The number of carbonyl (C=O) groups is 6. The molecule has 0 aromatic carbocycles. The summed E-state index contributed by atoms with van der Waals surface area (Å²) in [6, 6.07) is -2.28. The van der Waals surface area contributed by atoms with Crippen molar-refractivity contribution in [2.45, 2.75) is 113 Å². The number of rotatable bonds is 6. The van der Waals surface area contributed by atoms with E-state index in [1.54, 1.807) is 32.9 Å². The van der Waals surface area contributed by atoms with Crippen molar-refractivity contribution in [2.75, 3.05) is 26.7 Å². The number of fused-ring (bicyclic) bond motifs is 3. The third-order valence-electron chi connectivity index (χ3n) is 10.8. The van der Waals surface area contributed by atoms with Gasteiger partial charge in [-0.1, -0.05) is 43.2 Å². The fraction of sp³-hybridized carbons (Fsp3) is 0.676. The van der Waals surface area contributed by atoms with Gasteiger partial charge in [0.2, 0.25) is 21.8 Å². The summed E-state index contributed by atoms with van der Waals surface area (Å²) in [7, 11) is -2.62. The van der Waals surface area contributed by atoms with Gasteiger partial charge >= 0.3 is 18.2 Å². The van der Waals surface area contributed by atoms with E-state index in [2.05, 4.69) is 15.4 Å². The number of sulfonamides is 1. The smallest absolute Gasteiger partial charge is 0.410 e. The van der Waals surface area contributed by atoms with E-state index in [4.69, 9.17) is 14.2 Å². The first-order valence-corrected chi connectivity index (χ1v) is 20.3. The number of esters is 1. The molecule has 16 nitrogen and oxygen atoms in total. The largest absolute Gasteiger partial charge is 0.465 e. The van der Waals surface area contributed by atoms with Crippen LogP contribution in [0.25, 0.3) is 0 Å². The summed E-state index contributed by atoms with van der Waals surface area (Å²) in [5.41, 5.74) is -1.99. The summed E-state index contributed by atoms with van der Waals surface area (Å²) in [4.78, 5) is 83.6. The number of nitrogens with one attached hydrogen (secondary N) is 3. The van der Waals surface area contributed by atoms with Crippen molar-refractivity contribution >= 4 is 45.9 Å². The summed E-state index contributed by atoms with van der Waals surface area (Å²) in [6.07, 6.45) is 10.6. The van der Waals surface area contributed by atoms with Crippen LogP contribution in [0.4, 0.5) is 9.59 Å². The van der Waals surface area contributed by atoms with Gasteiger partial charge in [0.15, 0.2) is 0 Å². The zero-order chi connectivity index (χ0) is 39.0. The molecule has 5 amide bonds. The highest BCUT2D eigenvalue weighted by Gasteiger charge is 2.62. The van der Waals surface area contributed by atoms with Crippen LogP contribution in [0.15, 0.2) is 36.0 Å². The Hall–Kier alpha value is -4.41. The zero-order valence-corrected chi connectivity index (χ0v) is 32.0. The molecule has 296 valence electrons. The van der Waals surface area contributed by atoms with E-state index in [1.807, 2.05) is 18.2 Å². The van der Waals surface area contributed by atoms with Gasteiger partial charge in [-0.15, -0.1) is 0 Å². The number of ether oxygens (including phenoxy) is 3. The van der Waals surface area contributed by atoms with Crippen molar-refractivity contribution < 1.29 is 51.4 Å². The van der Waals surface area contributed by atoms with Crippen LogP contribution in [0.2, 0.25) is 0 Å². The Morgan fingerprint density at radius 1 is 0.981 bits per heavy atom. The lowest BCUT2D eigenvalue weighted by atomic mass is 9.89. The number of nitrogens with zero attached hydrogens (tertiary/aromatic N) is 2. The quantitative estimate of drug-likeness (QED) is 0.203. The second-order valence-electron chi connectivity index (χ2n) is 16.2. The molecule has 7 atom stereocenters. The van der Waals surface area contributed by atoms with Crippen molar-refractivity contribution in [3.63, 3.8) is 0 Å². The van der Waals surface area contributed by atoms with Gasteiger partial charge in [0, 0.05) is 37.3 Å². The van der Waals surface area contributed by atoms with Crippen molar-refractivity contribution in [1.82, 2.24) is 25.2 Å². The Morgan fingerprint density at radius 3 is 2.43 bits per heavy atom. The van der Waals surface area contributed by atoms with Crippen LogP contribution in [0.1, 0.15) is 78.6 Å². The molecule has 6 aliphatic rings. The average Bonchev–Trinajstić information content (AvgIpc) is 3.99. The molecule has 6 rings (SSSR count). The lowest BCUT2D eigenvalue weighted by Crippen LogP contribution is -2.58. The summed E-state index contributed by atoms with van der Waals surface area (Å²) in [6.45, 7) is 5.55. The molecule has 2 saturated heterocycles. The minimum absolute atomic E-state index is 0.0377. The van der Waals surface area contributed by atoms with Gasteiger partial charge in [-0.25, -0.2) is 22.8 Å². The first-order valence-electron chi connectivity index (χ1n) is 18.8. The lowest BCUT2D eigenvalue weighted by Gasteiger charge is -2.30. The highest BCUT2D eigenvalue weighted by molar-refractivity contribution is 7.91. The van der Waals surface area contributed by atoms with Gasteiger partial charge in [0.05, 0.1) is 24.5 Å². The van der Waals surface area contributed by atoms with Gasteiger partial charge < -0.3 is 34.6 Å². The minimum atomic E-state index is -3.92. The summed E-state index contributed by atoms with van der Waals surface area (Å²) in [5, 5.41) is 4.83. The van der Waals surface area contributed by atoms with E-state index in [0.717, 1.165) is 12.8 Å². The highest BCUT2D eigenvalue weighted by atomic mass is 32.2. The normalized spacial score (nSPS) is 32.0. The summed E-state index contributed by atoms with van der Waals surface area (Å²) in [5.74, 6) is -3.23. The third kappa shape index (κ3) is 8.92. The summed E-state index contributed by atoms with van der Waals surface area (Å²) < 4.78 is 43.9. The van der Waals surface area contributed by atoms with Crippen LogP contribution < -0.4 is 15.4 Å². The van der Waals surface area contributed by atoms with Gasteiger partial charge in [-0.2, -0.15) is 0 Å². The molecule has 0 spiro atoms. The molecule has 4 fully saturated rings. The van der Waals surface area contributed by atoms with E-state index >= 15 is 0 Å². The Morgan fingerprint density at radius 2 is 1.72 bits per heavy atom. The number of carbonyl (C=O) groups excluding carboxylic acids is 6. The average molecular weight is 774 g/mol. The zero-order valence-electron chi connectivity index (χ0n) is 31.2. The fourth-order valence-corrected chi connectivity index (χ4v) is 9.03. The molecule has 0 radical (unpaired) electrons. The molecule has 3 aliphatic carbocycles. The standard InChI is InChI=1S/C37H51N5O11S/c1-36(2,3)53-34(47)38-28-11-9-7-5-6-8-10-25-18-37(25,33(46)40-54(49,50)27-14-15-27)39-30(43)29-17-26(21-42(29)31(28)44)52-35(48)41-19-23-13-12-22(32(45)51-4)16-24(23)20-41/h8,10,12-13,16,23-29H,5-7,9,11,14-15,17-21H2,1-4H3,(H,38,47)(H,39,43)(H,40,46)/b10-8-/t23?,24?,25-,26-,28+,29+,37-/m1/s1. The maximum atomic E-state index is 14.4. The Kier molecular flexibility index (Phi) is 11.2. The molecule has 0 aromatic rings. The first-order chi connectivity index (χ1) is 25.5. The number of methoxy groups -OCH3 is 1. The Labute approximate surface area is 315 Å². The number of amides is 5. The minimum Gasteiger partial charge on any atom is -0.465 e. The van der Waals surface area contributed by atoms with E-state index in [-0.39, 0.29) is 44.2 Å². The molecule has 54 heavy (non-hydrogen) atoms. The van der Waals surface area contributed by atoms with Crippen molar-refractivity contribution in [3.8, 4) is 0 Å². The molecular weight excluding hydrogens is 722 g/mol. The Bertz CT molecular complexity index is 1750. The number of hydrogen-bond donors (Lipinski definition) is 3. The van der Waals surface area contributed by atoms with Crippen LogP contribution in [-0.2, 0) is 43.4 Å². The molecule has 0 bridgehead atoms. The SMILES string of the molecule is COC(=O)C1=CC2CN(C(=O)O[C@@H]3C[C@H]4C(=O)N[C@]5(C(=O)NS(=O)(=O)C6CC6)C[C@H]5/C=C\CCCCC[C@H](NC(=O)OC(C)(C)C)C(=O)N4C3)CC2C=C1. The molecule has 3 N–H and O–H groups in total. The van der Waals surface area contributed by atoms with Crippen LogP contribution in [-0.4, -0.2) is 115 Å². The molecule has 2 unspecified atom stereocenters. The monoisotopic (exact) mass is 773 g/mol. The molecule has 3 heterocycles. The van der Waals surface area contributed by atoms with Crippen molar-refractivity contribution in [1.29, 1.82) is 0 Å². The van der Waals surface area contributed by atoms with E-state index in [0.29, 0.717) is 37.8 Å². The second-order valence-corrected chi connectivity index (χ2v) is 18.1. The third-order valence-corrected chi connectivity index (χ3v) is 12.6. The van der Waals surface area contributed by atoms with Gasteiger partial charge in [0.25, 0.3) is 5.91 Å². The molecule has 2 saturated carbocycles. The predicted molar refractivity (Wildman–Crippen MR) is 193 cm³/mol. The van der Waals surface area contributed by atoms with Gasteiger partial charge in [-0.3, -0.25) is 19.1 Å². The van der Waals surface area contributed by atoms with Gasteiger partial charge in [-0.05, 0) is 59.3 Å². The fourth-order valence-electron chi connectivity index (χ4n) is 7.66. The number of hydrogen-bond acceptors (Lipinski definition) is 11. The molecule has 0 aromatic heterocycles. The van der Waals surface area contributed by atoms with Crippen LogP contribution in [0.5, 0.6) is 0 Å². The van der Waals surface area contributed by atoms with Crippen LogP contribution in [0.3, 0.4) is 0 Å². The summed E-state index contributed by atoms with van der Waals surface area (Å²) >= 11 is 0. The van der Waals surface area contributed by atoms with E-state index in [9.17, 15) is 37.2 Å². The van der Waals surface area contributed by atoms with E-state index < -0.39 is 86.4 Å². The molecule has 17 heteroatoms. The van der Waals surface area contributed by atoms with Crippen molar-refractivity contribution in [2.24, 2.45) is 17.8 Å². The lowest BCUT2D eigenvalue weighted by molar-refractivity contribution is -0.141. The number of likely N-dealkylation sites (tertiary alicyclic amines) is 1.